The molecule has 0 aromatic carbocycles. The minimum Gasteiger partial charge on any atom is -0.381 e. The summed E-state index contributed by atoms with van der Waals surface area (Å²) in [7, 11) is 0. The number of nitrogens with one attached hydrogen (secondary N) is 1. The van der Waals surface area contributed by atoms with E-state index in [1.807, 2.05) is 26.8 Å². The fourth-order valence-corrected chi connectivity index (χ4v) is 1.72. The molecular weight excluding hydrogens is 355 g/mol. The van der Waals surface area contributed by atoms with Gasteiger partial charge in [-0.3, -0.25) is 9.78 Å². The van der Waals surface area contributed by atoms with Crippen LogP contribution in [0.5, 0.6) is 0 Å². The molecule has 1 aliphatic heterocycles. The van der Waals surface area contributed by atoms with E-state index >= 15 is 0 Å². The summed E-state index contributed by atoms with van der Waals surface area (Å²) in [6.45, 7) is 7.64. The maximum absolute atomic E-state index is 11.6. The molecule has 0 saturated carbocycles. The van der Waals surface area contributed by atoms with Gasteiger partial charge in [-0.25, -0.2) is 0 Å². The van der Waals surface area contributed by atoms with E-state index in [1.54, 1.807) is 12.4 Å². The second-order valence-corrected chi connectivity index (χ2v) is 6.54. The molecule has 1 aliphatic rings. The summed E-state index contributed by atoms with van der Waals surface area (Å²) in [5.41, 5.74) is 0.395. The topological polar surface area (TPSA) is 51.2 Å². The van der Waals surface area contributed by atoms with Gasteiger partial charge in [0.15, 0.2) is 0 Å². The van der Waals surface area contributed by atoms with Gasteiger partial charge in [-0.1, -0.05) is 20.8 Å². The van der Waals surface area contributed by atoms with Crippen molar-refractivity contribution in [2.75, 3.05) is 18.5 Å². The standard InChI is InChI=1S/C10H13IN2O.C4H8O/c1-10(2,3)9(14)13-8-6-12-5-4-7(8)11;1-2-4-5-3-1/h4-6H,1-3H3,(H,13,14);1-4H2. The van der Waals surface area contributed by atoms with Crippen molar-refractivity contribution in [3.05, 3.63) is 22.0 Å². The molecule has 1 aromatic rings. The number of pyridine rings is 1. The van der Waals surface area contributed by atoms with Crippen LogP contribution in [0.3, 0.4) is 0 Å². The second-order valence-electron chi connectivity index (χ2n) is 5.38. The van der Waals surface area contributed by atoms with Crippen LogP contribution in [0.4, 0.5) is 5.69 Å². The van der Waals surface area contributed by atoms with E-state index in [0.29, 0.717) is 0 Å². The Bertz CT molecular complexity index is 405. The van der Waals surface area contributed by atoms with E-state index in [9.17, 15) is 4.79 Å². The molecule has 1 aromatic heterocycles. The Kier molecular flexibility index (Phi) is 6.71. The van der Waals surface area contributed by atoms with E-state index < -0.39 is 0 Å². The quantitative estimate of drug-likeness (QED) is 0.764. The van der Waals surface area contributed by atoms with Crippen LogP contribution < -0.4 is 5.32 Å². The molecule has 0 spiro atoms. The first-order valence-electron chi connectivity index (χ1n) is 6.40. The minimum absolute atomic E-state index is 0.00316. The van der Waals surface area contributed by atoms with Crippen molar-refractivity contribution in [2.24, 2.45) is 5.41 Å². The lowest BCUT2D eigenvalue weighted by atomic mass is 9.96. The van der Waals surface area contributed by atoms with Crippen LogP contribution in [0.15, 0.2) is 18.5 Å². The summed E-state index contributed by atoms with van der Waals surface area (Å²) in [4.78, 5) is 15.6. The van der Waals surface area contributed by atoms with Crippen LogP contribution in [-0.2, 0) is 9.53 Å². The zero-order valence-electron chi connectivity index (χ0n) is 11.7. The molecule has 4 nitrogen and oxygen atoms in total. The van der Waals surface area contributed by atoms with E-state index in [0.717, 1.165) is 22.5 Å². The highest BCUT2D eigenvalue weighted by molar-refractivity contribution is 14.1. The van der Waals surface area contributed by atoms with Crippen LogP contribution >= 0.6 is 22.6 Å². The maximum atomic E-state index is 11.6. The molecule has 1 saturated heterocycles. The summed E-state index contributed by atoms with van der Waals surface area (Å²) in [6.07, 6.45) is 5.92. The van der Waals surface area contributed by atoms with E-state index in [-0.39, 0.29) is 11.3 Å². The molecule has 0 radical (unpaired) electrons. The largest absolute Gasteiger partial charge is 0.381 e. The van der Waals surface area contributed by atoms with Crippen molar-refractivity contribution in [3.63, 3.8) is 0 Å². The molecule has 1 amide bonds. The Hall–Kier alpha value is -0.690. The monoisotopic (exact) mass is 376 g/mol. The molecule has 1 N–H and O–H groups in total. The van der Waals surface area contributed by atoms with Crippen molar-refractivity contribution in [1.82, 2.24) is 4.98 Å². The first kappa shape index (κ1) is 16.4. The van der Waals surface area contributed by atoms with Crippen LogP contribution in [0.2, 0.25) is 0 Å². The first-order valence-corrected chi connectivity index (χ1v) is 7.48. The third-order valence-electron chi connectivity index (χ3n) is 2.52. The molecule has 0 unspecified atom stereocenters. The number of carbonyl (C=O) groups is 1. The first-order chi connectivity index (χ1) is 8.91. The number of ether oxygens (including phenoxy) is 1. The molecule has 106 valence electrons. The van der Waals surface area contributed by atoms with Gasteiger partial charge < -0.3 is 10.1 Å². The molecule has 2 rings (SSSR count). The molecule has 0 atom stereocenters. The van der Waals surface area contributed by atoms with Crippen LogP contribution in [0.1, 0.15) is 33.6 Å². The van der Waals surface area contributed by atoms with Crippen molar-refractivity contribution < 1.29 is 9.53 Å². The highest BCUT2D eigenvalue weighted by atomic mass is 127. The van der Waals surface area contributed by atoms with E-state index in [4.69, 9.17) is 4.74 Å². The number of nitrogens with zero attached hydrogens (tertiary/aromatic N) is 1. The van der Waals surface area contributed by atoms with Gasteiger partial charge in [0.2, 0.25) is 5.91 Å². The number of carbonyl (C=O) groups excluding carboxylic acids is 1. The predicted octanol–water partition coefficient (Wildman–Crippen LogP) is 3.47. The van der Waals surface area contributed by atoms with Crippen LogP contribution in [0.25, 0.3) is 0 Å². The van der Waals surface area contributed by atoms with Gasteiger partial charge in [-0.2, -0.15) is 0 Å². The van der Waals surface area contributed by atoms with Gasteiger partial charge in [0.25, 0.3) is 0 Å². The molecule has 0 bridgehead atoms. The van der Waals surface area contributed by atoms with Crippen molar-refractivity contribution in [3.8, 4) is 0 Å². The van der Waals surface area contributed by atoms with Gasteiger partial charge in [0, 0.05) is 28.4 Å². The molecule has 0 aliphatic carbocycles. The number of amides is 1. The summed E-state index contributed by atoms with van der Waals surface area (Å²) in [6, 6.07) is 1.86. The summed E-state index contributed by atoms with van der Waals surface area (Å²) in [5, 5.41) is 2.84. The van der Waals surface area contributed by atoms with Gasteiger partial charge in [0.1, 0.15) is 0 Å². The fraction of sp³-hybridized carbons (Fsp3) is 0.571. The van der Waals surface area contributed by atoms with Crippen molar-refractivity contribution >= 4 is 34.2 Å². The predicted molar refractivity (Wildman–Crippen MR) is 85.1 cm³/mol. The average molecular weight is 376 g/mol. The summed E-state index contributed by atoms with van der Waals surface area (Å²) >= 11 is 2.17. The third kappa shape index (κ3) is 6.33. The van der Waals surface area contributed by atoms with Gasteiger partial charge in [-0.05, 0) is 41.5 Å². The molecule has 19 heavy (non-hydrogen) atoms. The zero-order valence-corrected chi connectivity index (χ0v) is 13.9. The number of anilines is 1. The molecular formula is C14H21IN2O2. The molecule has 2 heterocycles. The Labute approximate surface area is 128 Å². The highest BCUT2D eigenvalue weighted by Crippen LogP contribution is 2.20. The number of aromatic nitrogens is 1. The maximum Gasteiger partial charge on any atom is 0.229 e. The van der Waals surface area contributed by atoms with Gasteiger partial charge in [-0.15, -0.1) is 0 Å². The Morgan fingerprint density at radius 1 is 1.37 bits per heavy atom. The van der Waals surface area contributed by atoms with Crippen LogP contribution in [-0.4, -0.2) is 24.1 Å². The summed E-state index contributed by atoms with van der Waals surface area (Å²) < 4.78 is 5.94. The number of hydrogen-bond acceptors (Lipinski definition) is 3. The SMILES string of the molecule is C1CCOC1.CC(C)(C)C(=O)Nc1cnccc1I. The second kappa shape index (κ2) is 7.79. The number of rotatable bonds is 1. The van der Waals surface area contributed by atoms with Crippen LogP contribution in [0, 0.1) is 8.99 Å². The Morgan fingerprint density at radius 2 is 2.00 bits per heavy atom. The van der Waals surface area contributed by atoms with Crippen molar-refractivity contribution in [1.29, 1.82) is 0 Å². The van der Waals surface area contributed by atoms with E-state index in [1.165, 1.54) is 12.8 Å². The van der Waals surface area contributed by atoms with Gasteiger partial charge >= 0.3 is 0 Å². The van der Waals surface area contributed by atoms with Crippen molar-refractivity contribution in [2.45, 2.75) is 33.6 Å². The number of hydrogen-bond donors (Lipinski definition) is 1. The highest BCUT2D eigenvalue weighted by Gasteiger charge is 2.21. The smallest absolute Gasteiger partial charge is 0.229 e. The molecule has 1 fully saturated rings. The Balaban J connectivity index is 0.000000300. The minimum atomic E-state index is -0.376. The average Bonchev–Trinajstić information content (AvgIpc) is 2.89. The molecule has 5 heteroatoms. The fourth-order valence-electron chi connectivity index (χ4n) is 1.29. The lowest BCUT2D eigenvalue weighted by Crippen LogP contribution is -2.28. The lowest BCUT2D eigenvalue weighted by Gasteiger charge is -2.17. The summed E-state index contributed by atoms with van der Waals surface area (Å²) in [5.74, 6) is 0.00316. The lowest BCUT2D eigenvalue weighted by molar-refractivity contribution is -0.123. The zero-order chi connectivity index (χ0) is 14.3. The normalized spacial score (nSPS) is 14.5. The third-order valence-corrected chi connectivity index (χ3v) is 3.47. The Morgan fingerprint density at radius 3 is 2.42 bits per heavy atom. The van der Waals surface area contributed by atoms with E-state index in [2.05, 4.69) is 32.9 Å². The number of halogens is 1. The van der Waals surface area contributed by atoms with Gasteiger partial charge in [0.05, 0.1) is 11.9 Å².